The molecule has 2 saturated heterocycles. The van der Waals surface area contributed by atoms with E-state index >= 15 is 0 Å². The van der Waals surface area contributed by atoms with Gasteiger partial charge in [-0.25, -0.2) is 9.69 Å². The van der Waals surface area contributed by atoms with E-state index in [0.717, 1.165) is 37.2 Å². The fourth-order valence-corrected chi connectivity index (χ4v) is 7.90. The molecule has 0 saturated carbocycles. The van der Waals surface area contributed by atoms with Gasteiger partial charge in [0.25, 0.3) is 5.91 Å². The van der Waals surface area contributed by atoms with Crippen LogP contribution in [-0.4, -0.2) is 137 Å². The molecule has 0 spiro atoms. The van der Waals surface area contributed by atoms with Crippen LogP contribution >= 0.6 is 23.2 Å². The number of ether oxygens (including phenoxy) is 2. The van der Waals surface area contributed by atoms with E-state index in [1.165, 1.54) is 18.1 Å². The highest BCUT2D eigenvalue weighted by Gasteiger charge is 2.43. The minimum Gasteiger partial charge on any atom is -0.496 e. The van der Waals surface area contributed by atoms with Crippen molar-refractivity contribution in [2.45, 2.75) is 37.5 Å². The summed E-state index contributed by atoms with van der Waals surface area (Å²) in [6.07, 6.45) is 3.51. The van der Waals surface area contributed by atoms with Gasteiger partial charge in [-0.3, -0.25) is 24.7 Å². The minimum atomic E-state index is -0.689. The van der Waals surface area contributed by atoms with Crippen molar-refractivity contribution in [1.29, 1.82) is 0 Å². The van der Waals surface area contributed by atoms with Crippen molar-refractivity contribution in [3.8, 4) is 11.4 Å². The summed E-state index contributed by atoms with van der Waals surface area (Å²) in [7, 11) is 3.32. The number of rotatable bonds is 15. The first kappa shape index (κ1) is 41.0. The second-order valence-electron chi connectivity index (χ2n) is 14.3. The predicted molar refractivity (Wildman–Crippen MR) is 213 cm³/mol. The summed E-state index contributed by atoms with van der Waals surface area (Å²) in [6.45, 7) is 7.58. The molecule has 1 aromatic heterocycles. The van der Waals surface area contributed by atoms with Gasteiger partial charge >= 0.3 is 5.97 Å². The molecule has 2 fully saturated rings. The first-order chi connectivity index (χ1) is 27.1. The monoisotopic (exact) mass is 805 g/mol. The van der Waals surface area contributed by atoms with E-state index < -0.39 is 5.41 Å². The van der Waals surface area contributed by atoms with E-state index in [4.69, 9.17) is 32.7 Å². The second-order valence-corrected chi connectivity index (χ2v) is 15.1. The molecule has 0 radical (unpaired) electrons. The Bertz CT molecular complexity index is 1940. The summed E-state index contributed by atoms with van der Waals surface area (Å²) in [5.41, 5.74) is 5.56. The molecule has 298 valence electrons. The number of tetrazole rings is 1. The van der Waals surface area contributed by atoms with Crippen LogP contribution in [0.4, 0.5) is 0 Å². The molecule has 16 heteroatoms. The molecule has 56 heavy (non-hydrogen) atoms. The SMILES string of the molecule is CCOC(=O)CN1CCN(NC(=O)C2(c3ccccc3)CCN(CCC(CN(C)C(=O)c3cc(-n4cnnn4)ccc3OC)c3ccc(Cl)c(Cl)c3)CC2)CC1. The number of aromatic nitrogens is 4. The Morgan fingerprint density at radius 1 is 0.929 bits per heavy atom. The number of nitrogens with one attached hydrogen (secondary N) is 1. The van der Waals surface area contributed by atoms with Gasteiger partial charge in [-0.1, -0.05) is 59.6 Å². The predicted octanol–water partition coefficient (Wildman–Crippen LogP) is 4.47. The topological polar surface area (TPSA) is 138 Å². The lowest BCUT2D eigenvalue weighted by Crippen LogP contribution is -2.59. The van der Waals surface area contributed by atoms with Crippen molar-refractivity contribution in [2.75, 3.05) is 79.7 Å². The van der Waals surface area contributed by atoms with E-state index in [2.05, 4.69) is 30.8 Å². The maximum atomic E-state index is 14.2. The van der Waals surface area contributed by atoms with Crippen molar-refractivity contribution in [1.82, 2.24) is 45.3 Å². The second kappa shape index (κ2) is 19.0. The van der Waals surface area contributed by atoms with Gasteiger partial charge in [0.05, 0.1) is 47.0 Å². The van der Waals surface area contributed by atoms with Gasteiger partial charge in [0, 0.05) is 45.7 Å². The van der Waals surface area contributed by atoms with Gasteiger partial charge in [0.2, 0.25) is 5.91 Å². The number of carbonyl (C=O) groups excluding carboxylic acids is 3. The zero-order chi connectivity index (χ0) is 39.7. The summed E-state index contributed by atoms with van der Waals surface area (Å²) in [5, 5.41) is 14.3. The summed E-state index contributed by atoms with van der Waals surface area (Å²) in [5.74, 6) is -0.0677. The average molecular weight is 807 g/mol. The van der Waals surface area contributed by atoms with E-state index in [9.17, 15) is 14.4 Å². The van der Waals surface area contributed by atoms with Crippen LogP contribution in [0.25, 0.3) is 5.69 Å². The van der Waals surface area contributed by atoms with Crippen LogP contribution in [0.1, 0.15) is 53.6 Å². The van der Waals surface area contributed by atoms with Crippen molar-refractivity contribution in [3.63, 3.8) is 0 Å². The highest BCUT2D eigenvalue weighted by atomic mass is 35.5. The van der Waals surface area contributed by atoms with E-state index in [1.54, 1.807) is 43.1 Å². The fraction of sp³-hybridized carbons (Fsp3) is 0.450. The minimum absolute atomic E-state index is 0.00408. The lowest BCUT2D eigenvalue weighted by Gasteiger charge is -2.43. The number of hydrogen-bond acceptors (Lipinski definition) is 11. The molecule has 1 N–H and O–H groups in total. The number of hydrogen-bond donors (Lipinski definition) is 1. The van der Waals surface area contributed by atoms with Crippen LogP contribution in [-0.2, 0) is 19.7 Å². The third kappa shape index (κ3) is 9.85. The fourth-order valence-electron chi connectivity index (χ4n) is 7.59. The number of halogens is 2. The molecule has 1 atom stereocenters. The van der Waals surface area contributed by atoms with Crippen LogP contribution in [0.3, 0.4) is 0 Å². The highest BCUT2D eigenvalue weighted by molar-refractivity contribution is 6.42. The maximum absolute atomic E-state index is 14.2. The van der Waals surface area contributed by atoms with Crippen LogP contribution in [0, 0.1) is 0 Å². The van der Waals surface area contributed by atoms with Crippen LogP contribution in [0.2, 0.25) is 10.0 Å². The van der Waals surface area contributed by atoms with Gasteiger partial charge < -0.3 is 19.3 Å². The Balaban J connectivity index is 1.12. The number of nitrogens with zero attached hydrogens (tertiary/aromatic N) is 8. The van der Waals surface area contributed by atoms with Crippen molar-refractivity contribution in [2.24, 2.45) is 0 Å². The quantitative estimate of drug-likeness (QED) is 0.171. The number of amides is 2. The standard InChI is InChI=1S/C40H49Cl2N9O5/c1-4-56-37(52)27-49-20-22-50(23-21-49)44-39(54)40(31-8-6-5-7-9-31)15-18-48(19-16-40)17-14-30(29-10-12-34(41)35(42)24-29)26-47(2)38(53)33-25-32(11-13-36(33)55-3)51-28-43-45-46-51/h5-13,24-25,28,30H,4,14-23,26-27H2,1-3H3,(H,44,54). The van der Waals surface area contributed by atoms with Gasteiger partial charge in [0.1, 0.15) is 12.1 Å². The number of likely N-dealkylation sites (N-methyl/N-ethyl adjacent to an activating group) is 1. The zero-order valence-electron chi connectivity index (χ0n) is 32.1. The maximum Gasteiger partial charge on any atom is 0.320 e. The van der Waals surface area contributed by atoms with E-state index in [1.807, 2.05) is 47.5 Å². The molecule has 14 nitrogen and oxygen atoms in total. The number of benzene rings is 3. The lowest BCUT2D eigenvalue weighted by atomic mass is 9.72. The first-order valence-electron chi connectivity index (χ1n) is 18.9. The largest absolute Gasteiger partial charge is 0.496 e. The van der Waals surface area contributed by atoms with Gasteiger partial charge in [0.15, 0.2) is 0 Å². The first-order valence-corrected chi connectivity index (χ1v) is 19.7. The Morgan fingerprint density at radius 3 is 2.34 bits per heavy atom. The van der Waals surface area contributed by atoms with Crippen LogP contribution in [0.15, 0.2) is 73.1 Å². The Hall–Kier alpha value is -4.60. The lowest BCUT2D eigenvalue weighted by molar-refractivity contribution is -0.145. The third-order valence-corrected chi connectivity index (χ3v) is 11.6. The zero-order valence-corrected chi connectivity index (χ0v) is 33.6. The molecule has 2 aliphatic rings. The van der Waals surface area contributed by atoms with Crippen LogP contribution in [0.5, 0.6) is 5.75 Å². The van der Waals surface area contributed by atoms with Gasteiger partial charge in [-0.05, 0) is 97.7 Å². The number of esters is 1. The van der Waals surface area contributed by atoms with E-state index in [-0.39, 0.29) is 30.2 Å². The Kier molecular flexibility index (Phi) is 13.9. The molecule has 6 rings (SSSR count). The van der Waals surface area contributed by atoms with Crippen molar-refractivity contribution in [3.05, 3.63) is 99.8 Å². The van der Waals surface area contributed by atoms with Gasteiger partial charge in [-0.2, -0.15) is 0 Å². The summed E-state index contributed by atoms with van der Waals surface area (Å²) in [6, 6.07) is 20.9. The highest BCUT2D eigenvalue weighted by Crippen LogP contribution is 2.37. The molecule has 3 heterocycles. The molecule has 1 unspecified atom stereocenters. The molecule has 0 aliphatic carbocycles. The van der Waals surface area contributed by atoms with E-state index in [0.29, 0.717) is 79.2 Å². The summed E-state index contributed by atoms with van der Waals surface area (Å²) < 4.78 is 12.2. The van der Waals surface area contributed by atoms with Crippen molar-refractivity contribution < 1.29 is 23.9 Å². The van der Waals surface area contributed by atoms with Gasteiger partial charge in [-0.15, -0.1) is 5.10 Å². The number of methoxy groups -OCH3 is 1. The Labute approximate surface area is 337 Å². The Morgan fingerprint density at radius 2 is 1.68 bits per heavy atom. The molecule has 4 aromatic rings. The number of piperidine rings is 1. The smallest absolute Gasteiger partial charge is 0.320 e. The molecule has 0 bridgehead atoms. The molecule has 3 aromatic carbocycles. The molecular formula is C40H49Cl2N9O5. The number of piperazine rings is 1. The van der Waals surface area contributed by atoms with Crippen LogP contribution < -0.4 is 10.2 Å². The molecular weight excluding hydrogens is 757 g/mol. The molecule has 2 amide bonds. The van der Waals surface area contributed by atoms with Crippen molar-refractivity contribution >= 4 is 41.0 Å². The number of likely N-dealkylation sites (tertiary alicyclic amines) is 1. The normalized spacial score (nSPS) is 16.9. The average Bonchev–Trinajstić information content (AvgIpc) is 3.77. The number of carbonyl (C=O) groups is 3. The summed E-state index contributed by atoms with van der Waals surface area (Å²) >= 11 is 12.8. The summed E-state index contributed by atoms with van der Waals surface area (Å²) in [4.78, 5) is 46.4. The molecule has 2 aliphatic heterocycles. The number of hydrazine groups is 1. The third-order valence-electron chi connectivity index (χ3n) is 10.8.